The molecule has 0 saturated heterocycles. The van der Waals surface area contributed by atoms with Crippen LogP contribution < -0.4 is 11.1 Å². The molecule has 16 heavy (non-hydrogen) atoms. The van der Waals surface area contributed by atoms with Gasteiger partial charge in [-0.25, -0.2) is 0 Å². The lowest BCUT2D eigenvalue weighted by Gasteiger charge is -2.41. The summed E-state index contributed by atoms with van der Waals surface area (Å²) in [4.78, 5) is 0. The number of rotatable bonds is 4. The average molecular weight is 283 g/mol. The second-order valence-corrected chi connectivity index (χ2v) is 5.79. The molecule has 1 fully saturated rings. The smallest absolute Gasteiger partial charge is 0.0370 e. The lowest BCUT2D eigenvalue weighted by molar-refractivity contribution is 0.163. The Hall–Kier alpha value is -0.540. The lowest BCUT2D eigenvalue weighted by atomic mass is 9.69. The van der Waals surface area contributed by atoms with Crippen molar-refractivity contribution in [3.63, 3.8) is 0 Å². The van der Waals surface area contributed by atoms with E-state index < -0.39 is 0 Å². The normalized spacial score (nSPS) is 17.9. The fraction of sp³-hybridized carbons (Fsp3) is 0.538. The van der Waals surface area contributed by atoms with E-state index in [2.05, 4.69) is 46.4 Å². The zero-order valence-corrected chi connectivity index (χ0v) is 11.3. The van der Waals surface area contributed by atoms with Crippen molar-refractivity contribution in [3.05, 3.63) is 28.2 Å². The Kier molecular flexibility index (Phi) is 3.55. The summed E-state index contributed by atoms with van der Waals surface area (Å²) in [7, 11) is 0. The van der Waals surface area contributed by atoms with Crippen molar-refractivity contribution < 1.29 is 0 Å². The minimum absolute atomic E-state index is 0.361. The van der Waals surface area contributed by atoms with Gasteiger partial charge in [0, 0.05) is 16.7 Å². The van der Waals surface area contributed by atoms with Crippen LogP contribution in [0.15, 0.2) is 22.7 Å². The van der Waals surface area contributed by atoms with E-state index in [-0.39, 0.29) is 0 Å². The third-order valence-electron chi connectivity index (χ3n) is 3.69. The molecule has 0 atom stereocenters. The summed E-state index contributed by atoms with van der Waals surface area (Å²) < 4.78 is 1.13. The average Bonchev–Trinajstić information content (AvgIpc) is 2.19. The van der Waals surface area contributed by atoms with Crippen molar-refractivity contribution in [3.8, 4) is 0 Å². The predicted octanol–water partition coefficient (Wildman–Crippen LogP) is 3.30. The molecule has 2 rings (SSSR count). The summed E-state index contributed by atoms with van der Waals surface area (Å²) >= 11 is 3.48. The third-order valence-corrected chi connectivity index (χ3v) is 4.18. The predicted molar refractivity (Wildman–Crippen MR) is 72.7 cm³/mol. The van der Waals surface area contributed by atoms with E-state index in [1.54, 1.807) is 0 Å². The van der Waals surface area contributed by atoms with Crippen LogP contribution in [0.4, 0.5) is 5.69 Å². The van der Waals surface area contributed by atoms with Crippen molar-refractivity contribution in [2.45, 2.75) is 26.2 Å². The van der Waals surface area contributed by atoms with Crippen LogP contribution in [0.25, 0.3) is 0 Å². The standard InChI is InChI=1S/C13H19BrN2/c1-10-7-11(14)3-4-12(10)16-9-13(8-15)5-2-6-13/h3-4,7,16H,2,5-6,8-9,15H2,1H3. The number of anilines is 1. The summed E-state index contributed by atoms with van der Waals surface area (Å²) in [5, 5.41) is 3.53. The molecule has 1 saturated carbocycles. The van der Waals surface area contributed by atoms with Gasteiger partial charge in [0.1, 0.15) is 0 Å². The Bertz CT molecular complexity index is 367. The highest BCUT2D eigenvalue weighted by atomic mass is 79.9. The molecule has 0 amide bonds. The van der Waals surface area contributed by atoms with E-state index in [0.717, 1.165) is 17.6 Å². The van der Waals surface area contributed by atoms with Gasteiger partial charge >= 0.3 is 0 Å². The van der Waals surface area contributed by atoms with Crippen molar-refractivity contribution in [1.82, 2.24) is 0 Å². The SMILES string of the molecule is Cc1cc(Br)ccc1NCC1(CN)CCC1. The molecule has 1 aliphatic carbocycles. The zero-order chi connectivity index (χ0) is 11.6. The fourth-order valence-corrected chi connectivity index (χ4v) is 2.71. The van der Waals surface area contributed by atoms with Gasteiger partial charge in [-0.2, -0.15) is 0 Å². The fourth-order valence-electron chi connectivity index (χ4n) is 2.24. The first-order valence-electron chi connectivity index (χ1n) is 5.85. The largest absolute Gasteiger partial charge is 0.384 e. The van der Waals surface area contributed by atoms with Gasteiger partial charge < -0.3 is 11.1 Å². The first-order valence-corrected chi connectivity index (χ1v) is 6.65. The Balaban J connectivity index is 1.99. The maximum atomic E-state index is 5.85. The van der Waals surface area contributed by atoms with Gasteiger partial charge in [0.25, 0.3) is 0 Å². The number of nitrogens with two attached hydrogens (primary N) is 1. The number of aryl methyl sites for hydroxylation is 1. The molecule has 0 aromatic heterocycles. The van der Waals surface area contributed by atoms with Gasteiger partial charge in [0.05, 0.1) is 0 Å². The molecule has 0 radical (unpaired) electrons. The Morgan fingerprint density at radius 2 is 2.19 bits per heavy atom. The molecular weight excluding hydrogens is 264 g/mol. The molecule has 0 bridgehead atoms. The van der Waals surface area contributed by atoms with Crippen molar-refractivity contribution >= 4 is 21.6 Å². The Morgan fingerprint density at radius 3 is 2.69 bits per heavy atom. The molecule has 1 aromatic carbocycles. The van der Waals surface area contributed by atoms with Gasteiger partial charge in [-0.3, -0.25) is 0 Å². The second kappa shape index (κ2) is 4.76. The minimum atomic E-state index is 0.361. The van der Waals surface area contributed by atoms with Gasteiger partial charge in [-0.05, 0) is 55.5 Å². The highest BCUT2D eigenvalue weighted by molar-refractivity contribution is 9.10. The number of nitrogens with one attached hydrogen (secondary N) is 1. The second-order valence-electron chi connectivity index (χ2n) is 4.87. The molecule has 0 aliphatic heterocycles. The molecule has 3 N–H and O–H groups in total. The van der Waals surface area contributed by atoms with Crippen LogP contribution in [-0.4, -0.2) is 13.1 Å². The molecule has 0 unspecified atom stereocenters. The molecular formula is C13H19BrN2. The summed E-state index contributed by atoms with van der Waals surface area (Å²) in [6.45, 7) is 3.94. The molecule has 3 heteroatoms. The van der Waals surface area contributed by atoms with Gasteiger partial charge in [0.2, 0.25) is 0 Å². The van der Waals surface area contributed by atoms with Crippen LogP contribution in [0.5, 0.6) is 0 Å². The molecule has 0 heterocycles. The van der Waals surface area contributed by atoms with Gasteiger partial charge in [-0.15, -0.1) is 0 Å². The van der Waals surface area contributed by atoms with Gasteiger partial charge in [0.15, 0.2) is 0 Å². The molecule has 1 aliphatic rings. The van der Waals surface area contributed by atoms with Crippen molar-refractivity contribution in [2.75, 3.05) is 18.4 Å². The first kappa shape index (κ1) is 11.9. The zero-order valence-electron chi connectivity index (χ0n) is 9.72. The first-order chi connectivity index (χ1) is 7.65. The minimum Gasteiger partial charge on any atom is -0.384 e. The van der Waals surface area contributed by atoms with Crippen LogP contribution in [0.2, 0.25) is 0 Å². The van der Waals surface area contributed by atoms with Crippen LogP contribution in [0.1, 0.15) is 24.8 Å². The van der Waals surface area contributed by atoms with Crippen LogP contribution in [-0.2, 0) is 0 Å². The number of hydrogen-bond donors (Lipinski definition) is 2. The summed E-state index contributed by atoms with van der Waals surface area (Å²) in [5.41, 5.74) is 8.71. The number of benzene rings is 1. The highest BCUT2D eigenvalue weighted by Gasteiger charge is 2.35. The van der Waals surface area contributed by atoms with Gasteiger partial charge in [-0.1, -0.05) is 22.4 Å². The van der Waals surface area contributed by atoms with E-state index in [4.69, 9.17) is 5.73 Å². The van der Waals surface area contributed by atoms with Crippen molar-refractivity contribution in [2.24, 2.45) is 11.1 Å². The Labute approximate surface area is 106 Å². The number of hydrogen-bond acceptors (Lipinski definition) is 2. The van der Waals surface area contributed by atoms with E-state index in [1.807, 2.05) is 0 Å². The Morgan fingerprint density at radius 1 is 1.44 bits per heavy atom. The number of halogens is 1. The lowest BCUT2D eigenvalue weighted by Crippen LogP contribution is -2.43. The van der Waals surface area contributed by atoms with E-state index in [0.29, 0.717) is 5.41 Å². The molecule has 2 nitrogen and oxygen atoms in total. The quantitative estimate of drug-likeness (QED) is 0.889. The topological polar surface area (TPSA) is 38.0 Å². The highest BCUT2D eigenvalue weighted by Crippen LogP contribution is 2.40. The van der Waals surface area contributed by atoms with E-state index >= 15 is 0 Å². The van der Waals surface area contributed by atoms with Crippen LogP contribution in [0, 0.1) is 12.3 Å². The van der Waals surface area contributed by atoms with E-state index in [1.165, 1.54) is 30.5 Å². The molecule has 0 spiro atoms. The maximum Gasteiger partial charge on any atom is 0.0370 e. The molecule has 1 aromatic rings. The molecule has 88 valence electrons. The third kappa shape index (κ3) is 2.41. The summed E-state index contributed by atoms with van der Waals surface area (Å²) in [5.74, 6) is 0. The summed E-state index contributed by atoms with van der Waals surface area (Å²) in [6, 6.07) is 6.34. The maximum absolute atomic E-state index is 5.85. The monoisotopic (exact) mass is 282 g/mol. The van der Waals surface area contributed by atoms with Crippen LogP contribution in [0.3, 0.4) is 0 Å². The summed E-state index contributed by atoms with van der Waals surface area (Å²) in [6.07, 6.45) is 3.87. The van der Waals surface area contributed by atoms with Crippen molar-refractivity contribution in [1.29, 1.82) is 0 Å². The van der Waals surface area contributed by atoms with E-state index in [9.17, 15) is 0 Å². The van der Waals surface area contributed by atoms with Crippen LogP contribution >= 0.6 is 15.9 Å².